The van der Waals surface area contributed by atoms with Gasteiger partial charge in [-0.1, -0.05) is 13.8 Å². The number of piperazine rings is 1. The minimum Gasteiger partial charge on any atom is -0.314 e. The lowest BCUT2D eigenvalue weighted by Crippen LogP contribution is -2.56. The Morgan fingerprint density at radius 1 is 1.21 bits per heavy atom. The molecule has 1 saturated heterocycles. The first kappa shape index (κ1) is 10.4. The largest absolute Gasteiger partial charge is 0.314 e. The summed E-state index contributed by atoms with van der Waals surface area (Å²) in [7, 11) is 0. The summed E-state index contributed by atoms with van der Waals surface area (Å²) in [5, 5.41) is 3.54. The van der Waals surface area contributed by atoms with E-state index in [0.717, 1.165) is 23.9 Å². The van der Waals surface area contributed by atoms with E-state index in [1.165, 1.54) is 32.5 Å². The van der Waals surface area contributed by atoms with Crippen molar-refractivity contribution in [2.75, 3.05) is 19.6 Å². The van der Waals surface area contributed by atoms with E-state index in [4.69, 9.17) is 0 Å². The van der Waals surface area contributed by atoms with Crippen LogP contribution in [-0.2, 0) is 0 Å². The van der Waals surface area contributed by atoms with Crippen LogP contribution in [0.3, 0.4) is 0 Å². The fourth-order valence-electron chi connectivity index (χ4n) is 2.55. The molecule has 1 N–H and O–H groups in total. The topological polar surface area (TPSA) is 15.3 Å². The summed E-state index contributed by atoms with van der Waals surface area (Å²) in [6.07, 6.45) is 2.93. The van der Waals surface area contributed by atoms with E-state index < -0.39 is 0 Å². The lowest BCUT2D eigenvalue weighted by atomic mass is 9.99. The quantitative estimate of drug-likeness (QED) is 0.739. The van der Waals surface area contributed by atoms with Crippen molar-refractivity contribution in [3.05, 3.63) is 0 Å². The van der Waals surface area contributed by atoms with Crippen molar-refractivity contribution in [1.29, 1.82) is 0 Å². The molecule has 0 spiro atoms. The zero-order valence-corrected chi connectivity index (χ0v) is 9.79. The summed E-state index contributed by atoms with van der Waals surface area (Å²) in [6, 6.07) is 1.59. The average molecular weight is 196 g/mol. The Bertz CT molecular complexity index is 187. The van der Waals surface area contributed by atoms with Gasteiger partial charge in [-0.15, -0.1) is 0 Å². The van der Waals surface area contributed by atoms with Crippen molar-refractivity contribution in [3.63, 3.8) is 0 Å². The number of nitrogens with zero attached hydrogens (tertiary/aromatic N) is 1. The van der Waals surface area contributed by atoms with Crippen LogP contribution in [0.15, 0.2) is 0 Å². The summed E-state index contributed by atoms with van der Waals surface area (Å²) in [5.41, 5.74) is 0. The molecular weight excluding hydrogens is 172 g/mol. The molecule has 2 rings (SSSR count). The highest BCUT2D eigenvalue weighted by atomic mass is 15.2. The van der Waals surface area contributed by atoms with Gasteiger partial charge in [0.1, 0.15) is 0 Å². The molecule has 0 aromatic rings. The van der Waals surface area contributed by atoms with Gasteiger partial charge in [-0.05, 0) is 31.6 Å². The first-order valence-electron chi connectivity index (χ1n) is 6.16. The highest BCUT2D eigenvalue weighted by Gasteiger charge is 2.38. The van der Waals surface area contributed by atoms with E-state index in [2.05, 4.69) is 31.0 Å². The van der Waals surface area contributed by atoms with Crippen LogP contribution in [0, 0.1) is 11.8 Å². The van der Waals surface area contributed by atoms with Gasteiger partial charge < -0.3 is 5.32 Å². The smallest absolute Gasteiger partial charge is 0.0252 e. The summed E-state index contributed by atoms with van der Waals surface area (Å²) < 4.78 is 0. The van der Waals surface area contributed by atoms with Crippen LogP contribution in [-0.4, -0.2) is 36.6 Å². The zero-order valence-electron chi connectivity index (χ0n) is 9.79. The van der Waals surface area contributed by atoms with Crippen molar-refractivity contribution in [3.8, 4) is 0 Å². The van der Waals surface area contributed by atoms with E-state index >= 15 is 0 Å². The van der Waals surface area contributed by atoms with Crippen LogP contribution in [0.25, 0.3) is 0 Å². The Balaban J connectivity index is 1.98. The van der Waals surface area contributed by atoms with Crippen molar-refractivity contribution in [2.24, 2.45) is 11.8 Å². The summed E-state index contributed by atoms with van der Waals surface area (Å²) in [6.45, 7) is 10.7. The fraction of sp³-hybridized carbons (Fsp3) is 1.00. The molecule has 0 bridgehead atoms. The van der Waals surface area contributed by atoms with Crippen LogP contribution in [0.4, 0.5) is 0 Å². The van der Waals surface area contributed by atoms with Crippen LogP contribution >= 0.6 is 0 Å². The number of rotatable bonds is 3. The molecule has 2 heteroatoms. The first-order valence-corrected chi connectivity index (χ1v) is 6.16. The van der Waals surface area contributed by atoms with E-state index in [9.17, 15) is 0 Å². The minimum atomic E-state index is 0.752. The second-order valence-corrected chi connectivity index (χ2v) is 5.33. The third kappa shape index (κ3) is 2.12. The highest BCUT2D eigenvalue weighted by molar-refractivity contribution is 4.94. The Morgan fingerprint density at radius 2 is 1.93 bits per heavy atom. The lowest BCUT2D eigenvalue weighted by molar-refractivity contribution is 0.0768. The highest BCUT2D eigenvalue weighted by Crippen LogP contribution is 2.37. The Labute approximate surface area is 88.1 Å². The molecule has 2 unspecified atom stereocenters. The fourth-order valence-corrected chi connectivity index (χ4v) is 2.55. The van der Waals surface area contributed by atoms with Gasteiger partial charge in [0, 0.05) is 31.7 Å². The SMILES string of the molecule is CC(C)C(C)N1CCNCC1C1CC1. The van der Waals surface area contributed by atoms with Gasteiger partial charge in [0.05, 0.1) is 0 Å². The summed E-state index contributed by atoms with van der Waals surface area (Å²) in [5.74, 6) is 1.79. The minimum absolute atomic E-state index is 0.752. The van der Waals surface area contributed by atoms with E-state index in [1.807, 2.05) is 0 Å². The van der Waals surface area contributed by atoms with Gasteiger partial charge in [-0.3, -0.25) is 4.90 Å². The third-order valence-corrected chi connectivity index (χ3v) is 3.98. The Hall–Kier alpha value is -0.0800. The maximum absolute atomic E-state index is 3.54. The average Bonchev–Trinajstić information content (AvgIpc) is 3.00. The van der Waals surface area contributed by atoms with Crippen LogP contribution in [0.1, 0.15) is 33.6 Å². The third-order valence-electron chi connectivity index (χ3n) is 3.98. The zero-order chi connectivity index (χ0) is 10.1. The summed E-state index contributed by atoms with van der Waals surface area (Å²) >= 11 is 0. The molecule has 0 amide bonds. The number of hydrogen-bond acceptors (Lipinski definition) is 2. The van der Waals surface area contributed by atoms with Crippen molar-refractivity contribution in [2.45, 2.75) is 45.7 Å². The molecule has 1 aliphatic carbocycles. The van der Waals surface area contributed by atoms with Gasteiger partial charge in [-0.25, -0.2) is 0 Å². The molecule has 14 heavy (non-hydrogen) atoms. The van der Waals surface area contributed by atoms with Gasteiger partial charge >= 0.3 is 0 Å². The maximum atomic E-state index is 3.54. The molecule has 1 aliphatic heterocycles. The van der Waals surface area contributed by atoms with Crippen molar-refractivity contribution in [1.82, 2.24) is 10.2 Å². The number of hydrogen-bond donors (Lipinski definition) is 1. The first-order chi connectivity index (χ1) is 6.70. The predicted molar refractivity (Wildman–Crippen MR) is 60.4 cm³/mol. The second-order valence-electron chi connectivity index (χ2n) is 5.33. The van der Waals surface area contributed by atoms with Crippen molar-refractivity contribution < 1.29 is 0 Å². The predicted octanol–water partition coefficient (Wildman–Crippen LogP) is 1.71. The standard InChI is InChI=1S/C12H24N2/c1-9(2)10(3)14-7-6-13-8-12(14)11-4-5-11/h9-13H,4-8H2,1-3H3. The van der Waals surface area contributed by atoms with Gasteiger partial charge in [0.25, 0.3) is 0 Å². The Kier molecular flexibility index (Phi) is 3.13. The monoisotopic (exact) mass is 196 g/mol. The van der Waals surface area contributed by atoms with Crippen LogP contribution in [0.5, 0.6) is 0 Å². The Morgan fingerprint density at radius 3 is 2.50 bits per heavy atom. The molecule has 1 heterocycles. The molecule has 2 fully saturated rings. The molecular formula is C12H24N2. The molecule has 0 aromatic carbocycles. The normalized spacial score (nSPS) is 32.1. The van der Waals surface area contributed by atoms with E-state index in [1.54, 1.807) is 0 Å². The molecule has 2 atom stereocenters. The van der Waals surface area contributed by atoms with Gasteiger partial charge in [-0.2, -0.15) is 0 Å². The molecule has 0 aromatic heterocycles. The van der Waals surface area contributed by atoms with Crippen LogP contribution in [0.2, 0.25) is 0 Å². The maximum Gasteiger partial charge on any atom is 0.0252 e. The number of nitrogens with one attached hydrogen (secondary N) is 1. The lowest BCUT2D eigenvalue weighted by Gasteiger charge is -2.42. The molecule has 82 valence electrons. The van der Waals surface area contributed by atoms with E-state index in [-0.39, 0.29) is 0 Å². The van der Waals surface area contributed by atoms with Crippen LogP contribution < -0.4 is 5.32 Å². The molecule has 1 saturated carbocycles. The van der Waals surface area contributed by atoms with Gasteiger partial charge in [0.15, 0.2) is 0 Å². The molecule has 2 aliphatic rings. The second kappa shape index (κ2) is 4.19. The van der Waals surface area contributed by atoms with E-state index in [0.29, 0.717) is 0 Å². The van der Waals surface area contributed by atoms with Crippen molar-refractivity contribution >= 4 is 0 Å². The summed E-state index contributed by atoms with van der Waals surface area (Å²) in [4.78, 5) is 2.75. The van der Waals surface area contributed by atoms with Gasteiger partial charge in [0.2, 0.25) is 0 Å². The molecule has 0 radical (unpaired) electrons. The molecule has 2 nitrogen and oxygen atoms in total.